The molecule has 2 nitrogen and oxygen atoms in total. The van der Waals surface area contributed by atoms with Crippen molar-refractivity contribution >= 4 is 11.6 Å². The van der Waals surface area contributed by atoms with Crippen molar-refractivity contribution in [3.05, 3.63) is 22.7 Å². The van der Waals surface area contributed by atoms with E-state index >= 15 is 0 Å². The Kier molecular flexibility index (Phi) is 2.83. The van der Waals surface area contributed by atoms with Gasteiger partial charge in [0.15, 0.2) is 0 Å². The molecular weight excluding hydrogens is 160 g/mol. The van der Waals surface area contributed by atoms with Crippen LogP contribution in [0.25, 0.3) is 0 Å². The zero-order chi connectivity index (χ0) is 8.27. The van der Waals surface area contributed by atoms with Gasteiger partial charge in [0.1, 0.15) is 5.82 Å². The van der Waals surface area contributed by atoms with E-state index in [1.54, 1.807) is 6.20 Å². The summed E-state index contributed by atoms with van der Waals surface area (Å²) in [6.07, 6.45) is 3.41. The van der Waals surface area contributed by atoms with E-state index in [2.05, 4.69) is 9.97 Å². The molecule has 11 heavy (non-hydrogen) atoms. The first-order valence-corrected chi connectivity index (χ1v) is 4.16. The monoisotopic (exact) mass is 170 g/mol. The minimum Gasteiger partial charge on any atom is -0.240 e. The predicted octanol–water partition coefficient (Wildman–Crippen LogP) is 2.25. The molecule has 0 atom stereocenters. The van der Waals surface area contributed by atoms with Gasteiger partial charge in [0.25, 0.3) is 0 Å². The molecule has 0 radical (unpaired) electrons. The molecule has 0 fully saturated rings. The first-order valence-electron chi connectivity index (χ1n) is 3.78. The zero-order valence-electron chi connectivity index (χ0n) is 6.76. The second-order valence-electron chi connectivity index (χ2n) is 2.29. The molecule has 1 heterocycles. The van der Waals surface area contributed by atoms with E-state index in [9.17, 15) is 0 Å². The summed E-state index contributed by atoms with van der Waals surface area (Å²) in [4.78, 5) is 8.33. The number of rotatable bonds is 2. The average Bonchev–Trinajstić information content (AvgIpc) is 2.05. The molecule has 0 aliphatic rings. The first-order chi connectivity index (χ1) is 5.27. The molecule has 0 saturated heterocycles. The normalized spacial score (nSPS) is 10.1. The first kappa shape index (κ1) is 8.47. The summed E-state index contributed by atoms with van der Waals surface area (Å²) in [5.41, 5.74) is 0.943. The Bertz CT molecular complexity index is 248. The van der Waals surface area contributed by atoms with Crippen LogP contribution in [0.3, 0.4) is 0 Å². The van der Waals surface area contributed by atoms with Crippen LogP contribution in [0.15, 0.2) is 6.20 Å². The molecule has 0 unspecified atom stereocenters. The van der Waals surface area contributed by atoms with Gasteiger partial charge in [-0.15, -0.1) is 0 Å². The van der Waals surface area contributed by atoms with Crippen LogP contribution in [0.4, 0.5) is 0 Å². The third kappa shape index (κ3) is 1.90. The van der Waals surface area contributed by atoms with Gasteiger partial charge in [-0.1, -0.05) is 25.4 Å². The van der Waals surface area contributed by atoms with Crippen LogP contribution in [-0.2, 0) is 12.8 Å². The molecule has 1 aromatic rings. The number of halogens is 1. The summed E-state index contributed by atoms with van der Waals surface area (Å²) in [6, 6.07) is 0. The van der Waals surface area contributed by atoms with Gasteiger partial charge in [-0.2, -0.15) is 0 Å². The minimum atomic E-state index is 0.671. The number of hydrogen-bond acceptors (Lipinski definition) is 2. The average molecular weight is 171 g/mol. The zero-order valence-corrected chi connectivity index (χ0v) is 7.52. The predicted molar refractivity (Wildman–Crippen MR) is 45.8 cm³/mol. The fourth-order valence-electron chi connectivity index (χ4n) is 0.862. The summed E-state index contributed by atoms with van der Waals surface area (Å²) in [5.74, 6) is 0.867. The van der Waals surface area contributed by atoms with Crippen LogP contribution in [0.5, 0.6) is 0 Å². The van der Waals surface area contributed by atoms with Gasteiger partial charge in [-0.05, 0) is 6.42 Å². The molecule has 1 rings (SSSR count). The second kappa shape index (κ2) is 3.67. The Morgan fingerprint density at radius 3 is 2.64 bits per heavy atom. The standard InChI is InChI=1S/C8H11ClN2/c1-3-7-6(9)5-10-8(4-2)11-7/h5H,3-4H2,1-2H3. The van der Waals surface area contributed by atoms with Gasteiger partial charge >= 0.3 is 0 Å². The highest BCUT2D eigenvalue weighted by Gasteiger charge is 2.00. The maximum absolute atomic E-state index is 5.83. The quantitative estimate of drug-likeness (QED) is 0.681. The molecule has 3 heteroatoms. The fraction of sp³-hybridized carbons (Fsp3) is 0.500. The molecule has 0 bridgehead atoms. The third-order valence-corrected chi connectivity index (χ3v) is 1.83. The van der Waals surface area contributed by atoms with Crippen LogP contribution < -0.4 is 0 Å². The van der Waals surface area contributed by atoms with E-state index in [-0.39, 0.29) is 0 Å². The fourth-order valence-corrected chi connectivity index (χ4v) is 1.09. The van der Waals surface area contributed by atoms with Crippen molar-refractivity contribution in [1.82, 2.24) is 9.97 Å². The van der Waals surface area contributed by atoms with Crippen molar-refractivity contribution in [2.24, 2.45) is 0 Å². The van der Waals surface area contributed by atoms with E-state index in [0.717, 1.165) is 24.4 Å². The molecule has 0 aromatic carbocycles. The van der Waals surface area contributed by atoms with E-state index < -0.39 is 0 Å². The molecular formula is C8H11ClN2. The molecule has 60 valence electrons. The molecule has 0 aliphatic carbocycles. The van der Waals surface area contributed by atoms with Crippen LogP contribution in [0.2, 0.25) is 5.02 Å². The molecule has 0 amide bonds. The lowest BCUT2D eigenvalue weighted by molar-refractivity contribution is 0.888. The minimum absolute atomic E-state index is 0.671. The van der Waals surface area contributed by atoms with Crippen molar-refractivity contribution in [1.29, 1.82) is 0 Å². The second-order valence-corrected chi connectivity index (χ2v) is 2.70. The van der Waals surface area contributed by atoms with Crippen LogP contribution in [0, 0.1) is 0 Å². The Hall–Kier alpha value is -0.630. The molecule has 0 N–H and O–H groups in total. The number of aryl methyl sites for hydroxylation is 2. The number of nitrogens with zero attached hydrogens (tertiary/aromatic N) is 2. The summed E-state index contributed by atoms with van der Waals surface area (Å²) in [6.45, 7) is 4.07. The lowest BCUT2D eigenvalue weighted by Gasteiger charge is -2.00. The van der Waals surface area contributed by atoms with E-state index in [1.165, 1.54) is 0 Å². The van der Waals surface area contributed by atoms with Crippen LogP contribution in [0.1, 0.15) is 25.4 Å². The van der Waals surface area contributed by atoms with Gasteiger partial charge < -0.3 is 0 Å². The highest BCUT2D eigenvalue weighted by Crippen LogP contribution is 2.12. The van der Waals surface area contributed by atoms with Crippen LogP contribution >= 0.6 is 11.6 Å². The Balaban J connectivity index is 3.02. The van der Waals surface area contributed by atoms with Gasteiger partial charge in [0.2, 0.25) is 0 Å². The maximum Gasteiger partial charge on any atom is 0.128 e. The van der Waals surface area contributed by atoms with Crippen molar-refractivity contribution in [3.63, 3.8) is 0 Å². The number of aromatic nitrogens is 2. The van der Waals surface area contributed by atoms with Crippen molar-refractivity contribution in [3.8, 4) is 0 Å². The maximum atomic E-state index is 5.83. The summed E-state index contributed by atoms with van der Waals surface area (Å²) in [5, 5.41) is 0.671. The topological polar surface area (TPSA) is 25.8 Å². The summed E-state index contributed by atoms with van der Waals surface area (Å²) < 4.78 is 0. The van der Waals surface area contributed by atoms with Gasteiger partial charge in [-0.3, -0.25) is 0 Å². The molecule has 0 aliphatic heterocycles. The van der Waals surface area contributed by atoms with E-state index in [1.807, 2.05) is 13.8 Å². The lowest BCUT2D eigenvalue weighted by Crippen LogP contribution is -1.97. The van der Waals surface area contributed by atoms with Gasteiger partial charge in [-0.25, -0.2) is 9.97 Å². The SMILES string of the molecule is CCc1ncc(Cl)c(CC)n1. The molecule has 1 aromatic heterocycles. The molecule has 0 saturated carbocycles. The smallest absolute Gasteiger partial charge is 0.128 e. The third-order valence-electron chi connectivity index (χ3n) is 1.52. The molecule has 0 spiro atoms. The Morgan fingerprint density at radius 2 is 2.09 bits per heavy atom. The largest absolute Gasteiger partial charge is 0.240 e. The van der Waals surface area contributed by atoms with E-state index in [4.69, 9.17) is 11.6 Å². The summed E-state index contributed by atoms with van der Waals surface area (Å²) >= 11 is 5.83. The van der Waals surface area contributed by atoms with Crippen molar-refractivity contribution in [2.45, 2.75) is 26.7 Å². The van der Waals surface area contributed by atoms with Gasteiger partial charge in [0, 0.05) is 12.6 Å². The lowest BCUT2D eigenvalue weighted by atomic mass is 10.3. The summed E-state index contributed by atoms with van der Waals surface area (Å²) in [7, 11) is 0. The highest BCUT2D eigenvalue weighted by atomic mass is 35.5. The number of hydrogen-bond donors (Lipinski definition) is 0. The highest BCUT2D eigenvalue weighted by molar-refractivity contribution is 6.31. The van der Waals surface area contributed by atoms with Crippen LogP contribution in [-0.4, -0.2) is 9.97 Å². The van der Waals surface area contributed by atoms with Gasteiger partial charge in [0.05, 0.1) is 10.7 Å². The van der Waals surface area contributed by atoms with Crippen molar-refractivity contribution < 1.29 is 0 Å². The Labute approximate surface area is 71.6 Å². The Morgan fingerprint density at radius 1 is 1.36 bits per heavy atom. The van der Waals surface area contributed by atoms with E-state index in [0.29, 0.717) is 5.02 Å². The van der Waals surface area contributed by atoms with Crippen molar-refractivity contribution in [2.75, 3.05) is 0 Å².